The highest BCUT2D eigenvalue weighted by Gasteiger charge is 2.12. The predicted octanol–water partition coefficient (Wildman–Crippen LogP) is 1.23. The topological polar surface area (TPSA) is 90.9 Å². The van der Waals surface area contributed by atoms with Gasteiger partial charge in [-0.2, -0.15) is 0 Å². The molecule has 1 amide bonds. The Kier molecular flexibility index (Phi) is 2.02. The number of hydroxylamine groups is 1. The third-order valence-corrected chi connectivity index (χ3v) is 2.54. The molecule has 1 aromatic carbocycles. The van der Waals surface area contributed by atoms with E-state index in [0.717, 1.165) is 10.9 Å². The Morgan fingerprint density at radius 3 is 3.00 bits per heavy atom. The summed E-state index contributed by atoms with van der Waals surface area (Å²) in [6, 6.07) is 7.47. The lowest BCUT2D eigenvalue weighted by atomic mass is 10.2. The van der Waals surface area contributed by atoms with Crippen molar-refractivity contribution in [3.8, 4) is 0 Å². The van der Waals surface area contributed by atoms with Crippen LogP contribution < -0.4 is 5.48 Å². The Morgan fingerprint density at radius 2 is 2.18 bits per heavy atom. The summed E-state index contributed by atoms with van der Waals surface area (Å²) in [6.45, 7) is 0. The molecule has 0 atom stereocenters. The van der Waals surface area contributed by atoms with Crippen LogP contribution in [0.25, 0.3) is 21.9 Å². The second-order valence-electron chi connectivity index (χ2n) is 3.56. The van der Waals surface area contributed by atoms with Gasteiger partial charge in [0.15, 0.2) is 5.82 Å². The van der Waals surface area contributed by atoms with E-state index in [1.165, 1.54) is 5.48 Å². The van der Waals surface area contributed by atoms with Crippen molar-refractivity contribution in [3.05, 3.63) is 36.3 Å². The number of hydrogen-bond donors (Lipinski definition) is 3. The molecule has 3 N–H and O–H groups in total. The van der Waals surface area contributed by atoms with Gasteiger partial charge in [-0.15, -0.1) is 0 Å². The molecule has 0 aliphatic rings. The van der Waals surface area contributed by atoms with Crippen molar-refractivity contribution >= 4 is 27.8 Å². The monoisotopic (exact) mass is 228 g/mol. The molecule has 0 unspecified atom stereocenters. The number of carbonyl (C=O) groups is 1. The minimum absolute atomic E-state index is 0.0562. The van der Waals surface area contributed by atoms with Crippen LogP contribution in [0, 0.1) is 0 Å². The molecule has 3 rings (SSSR count). The molecule has 2 aromatic heterocycles. The maximum absolute atomic E-state index is 11.2. The number of nitrogens with zero attached hydrogens (tertiary/aromatic N) is 2. The van der Waals surface area contributed by atoms with Crippen LogP contribution in [-0.4, -0.2) is 26.1 Å². The maximum Gasteiger partial charge on any atom is 0.310 e. The second kappa shape index (κ2) is 3.53. The van der Waals surface area contributed by atoms with Gasteiger partial charge in [-0.1, -0.05) is 12.1 Å². The largest absolute Gasteiger partial charge is 0.334 e. The number of imidazole rings is 1. The molecule has 84 valence electrons. The first-order chi connectivity index (χ1) is 8.29. The number of nitrogens with one attached hydrogen (secondary N) is 2. The molecule has 0 aliphatic carbocycles. The third kappa shape index (κ3) is 1.42. The molecule has 6 heteroatoms. The molecule has 0 spiro atoms. The van der Waals surface area contributed by atoms with Gasteiger partial charge in [0.05, 0.1) is 11.0 Å². The number of fused-ring (bicyclic) bond motifs is 3. The first-order valence-electron chi connectivity index (χ1n) is 4.97. The van der Waals surface area contributed by atoms with Gasteiger partial charge in [0, 0.05) is 11.6 Å². The lowest BCUT2D eigenvalue weighted by molar-refractivity contribution is 0.0696. The summed E-state index contributed by atoms with van der Waals surface area (Å²) in [5.41, 5.74) is 3.57. The molecular formula is C11H8N4O2. The molecule has 3 aromatic rings. The molecule has 0 saturated carbocycles. The van der Waals surface area contributed by atoms with Crippen LogP contribution >= 0.6 is 0 Å². The summed E-state index contributed by atoms with van der Waals surface area (Å²) in [5, 5.41) is 9.50. The number of amides is 1. The summed E-state index contributed by atoms with van der Waals surface area (Å²) < 4.78 is 0. The lowest BCUT2D eigenvalue weighted by Gasteiger charge is -1.95. The second-order valence-corrected chi connectivity index (χ2v) is 3.56. The molecular weight excluding hydrogens is 220 g/mol. The summed E-state index contributed by atoms with van der Waals surface area (Å²) in [7, 11) is 0. The van der Waals surface area contributed by atoms with Crippen molar-refractivity contribution in [1.82, 2.24) is 20.4 Å². The van der Waals surface area contributed by atoms with Crippen molar-refractivity contribution in [2.75, 3.05) is 0 Å². The molecule has 0 fully saturated rings. The van der Waals surface area contributed by atoms with Crippen LogP contribution in [0.3, 0.4) is 0 Å². The van der Waals surface area contributed by atoms with Crippen LogP contribution in [0.4, 0.5) is 0 Å². The number of aromatic amines is 1. The zero-order chi connectivity index (χ0) is 11.8. The van der Waals surface area contributed by atoms with Gasteiger partial charge < -0.3 is 4.98 Å². The van der Waals surface area contributed by atoms with E-state index in [1.807, 2.05) is 24.3 Å². The number of carbonyl (C=O) groups excluding carboxylic acids is 1. The molecule has 6 nitrogen and oxygen atoms in total. The molecule has 0 bridgehead atoms. The molecule has 0 aliphatic heterocycles. The SMILES string of the molecule is O=C(NO)c1nc2c(ccc3cccnc32)[nH]1. The minimum Gasteiger partial charge on any atom is -0.334 e. The zero-order valence-corrected chi connectivity index (χ0v) is 8.64. The van der Waals surface area contributed by atoms with Crippen molar-refractivity contribution < 1.29 is 10.0 Å². The van der Waals surface area contributed by atoms with Gasteiger partial charge in [-0.3, -0.25) is 15.0 Å². The predicted molar refractivity (Wildman–Crippen MR) is 60.6 cm³/mol. The molecule has 0 radical (unpaired) electrons. The Balaban J connectivity index is 2.35. The fourth-order valence-electron chi connectivity index (χ4n) is 1.77. The lowest BCUT2D eigenvalue weighted by Crippen LogP contribution is -2.19. The summed E-state index contributed by atoms with van der Waals surface area (Å²) in [6.07, 6.45) is 1.67. The summed E-state index contributed by atoms with van der Waals surface area (Å²) in [4.78, 5) is 22.4. The Morgan fingerprint density at radius 1 is 1.29 bits per heavy atom. The standard InChI is InChI=1S/C11H8N4O2/c16-11(15-17)10-13-7-4-3-6-2-1-5-12-8(6)9(7)14-10/h1-5,17H,(H,13,14)(H,15,16). The number of benzene rings is 1. The highest BCUT2D eigenvalue weighted by Crippen LogP contribution is 2.21. The third-order valence-electron chi connectivity index (χ3n) is 2.54. The van der Waals surface area contributed by atoms with E-state index >= 15 is 0 Å². The minimum atomic E-state index is -0.676. The highest BCUT2D eigenvalue weighted by atomic mass is 16.5. The van der Waals surface area contributed by atoms with E-state index in [2.05, 4.69) is 15.0 Å². The van der Waals surface area contributed by atoms with E-state index in [9.17, 15) is 4.79 Å². The zero-order valence-electron chi connectivity index (χ0n) is 8.64. The number of pyridine rings is 1. The van der Waals surface area contributed by atoms with Crippen molar-refractivity contribution in [3.63, 3.8) is 0 Å². The first kappa shape index (κ1) is 9.73. The molecule has 2 heterocycles. The van der Waals surface area contributed by atoms with Gasteiger partial charge in [-0.05, 0) is 12.1 Å². The quantitative estimate of drug-likeness (QED) is 0.431. The molecule has 0 saturated heterocycles. The van der Waals surface area contributed by atoms with Gasteiger partial charge in [-0.25, -0.2) is 10.5 Å². The summed E-state index contributed by atoms with van der Waals surface area (Å²) >= 11 is 0. The number of H-pyrrole nitrogens is 1. The number of rotatable bonds is 1. The maximum atomic E-state index is 11.2. The number of aromatic nitrogens is 3. The van der Waals surface area contributed by atoms with E-state index in [1.54, 1.807) is 6.20 Å². The van der Waals surface area contributed by atoms with Crippen LogP contribution in [0.5, 0.6) is 0 Å². The van der Waals surface area contributed by atoms with Crippen molar-refractivity contribution in [1.29, 1.82) is 0 Å². The van der Waals surface area contributed by atoms with Crippen molar-refractivity contribution in [2.45, 2.75) is 0 Å². The Hall–Kier alpha value is -2.47. The highest BCUT2D eigenvalue weighted by molar-refractivity contribution is 6.04. The van der Waals surface area contributed by atoms with Gasteiger partial charge in [0.25, 0.3) is 0 Å². The smallest absolute Gasteiger partial charge is 0.310 e. The Labute approximate surface area is 95.3 Å². The van der Waals surface area contributed by atoms with Crippen LogP contribution in [0.2, 0.25) is 0 Å². The average molecular weight is 228 g/mol. The van der Waals surface area contributed by atoms with Crippen molar-refractivity contribution in [2.24, 2.45) is 0 Å². The van der Waals surface area contributed by atoms with Crippen LogP contribution in [0.15, 0.2) is 30.5 Å². The fourth-order valence-corrected chi connectivity index (χ4v) is 1.77. The van der Waals surface area contributed by atoms with E-state index in [-0.39, 0.29) is 5.82 Å². The van der Waals surface area contributed by atoms with Crippen LogP contribution in [0.1, 0.15) is 10.6 Å². The van der Waals surface area contributed by atoms with Gasteiger partial charge in [0.2, 0.25) is 0 Å². The van der Waals surface area contributed by atoms with E-state index in [0.29, 0.717) is 11.0 Å². The summed E-state index contributed by atoms with van der Waals surface area (Å²) in [5.74, 6) is -0.620. The van der Waals surface area contributed by atoms with Crippen LogP contribution in [-0.2, 0) is 0 Å². The first-order valence-corrected chi connectivity index (χ1v) is 4.97. The molecule has 17 heavy (non-hydrogen) atoms. The number of hydrogen-bond acceptors (Lipinski definition) is 4. The average Bonchev–Trinajstić information content (AvgIpc) is 2.82. The van der Waals surface area contributed by atoms with E-state index < -0.39 is 5.91 Å². The Bertz CT molecular complexity index is 720. The van der Waals surface area contributed by atoms with E-state index in [4.69, 9.17) is 5.21 Å². The van der Waals surface area contributed by atoms with Gasteiger partial charge >= 0.3 is 5.91 Å². The fraction of sp³-hybridized carbons (Fsp3) is 0. The normalized spacial score (nSPS) is 10.9. The van der Waals surface area contributed by atoms with Gasteiger partial charge in [0.1, 0.15) is 5.52 Å².